The highest BCUT2D eigenvalue weighted by Crippen LogP contribution is 2.20. The highest BCUT2D eigenvalue weighted by molar-refractivity contribution is 6.01. The second kappa shape index (κ2) is 6.51. The summed E-state index contributed by atoms with van der Waals surface area (Å²) in [6.45, 7) is 5.57. The molecule has 2 aromatic rings. The topological polar surface area (TPSA) is 79.0 Å². The Bertz CT molecular complexity index is 630. The van der Waals surface area contributed by atoms with Gasteiger partial charge >= 0.3 is 0 Å². The van der Waals surface area contributed by atoms with E-state index < -0.39 is 5.41 Å². The molecule has 0 aliphatic heterocycles. The summed E-state index contributed by atoms with van der Waals surface area (Å²) in [6.07, 6.45) is 1.48. The molecule has 0 saturated heterocycles. The summed E-state index contributed by atoms with van der Waals surface area (Å²) in [5.41, 5.74) is 0.193. The Hall–Kier alpha value is -2.50. The number of rotatable bonds is 5. The first-order chi connectivity index (χ1) is 10.4. The van der Waals surface area contributed by atoms with Crippen molar-refractivity contribution in [3.05, 3.63) is 42.5 Å². The van der Waals surface area contributed by atoms with Gasteiger partial charge in [0.05, 0.1) is 13.0 Å². The second-order valence-electron chi connectivity index (χ2n) is 6.08. The molecule has 0 spiro atoms. The number of nitrogens with one attached hydrogen (secondary N) is 1. The van der Waals surface area contributed by atoms with E-state index in [0.29, 0.717) is 11.5 Å². The monoisotopic (exact) mass is 300 g/mol. The lowest BCUT2D eigenvalue weighted by atomic mass is 9.90. The zero-order chi connectivity index (χ0) is 16.2. The van der Waals surface area contributed by atoms with Gasteiger partial charge in [0, 0.05) is 11.1 Å². The molecule has 2 rings (SSSR count). The van der Waals surface area contributed by atoms with Gasteiger partial charge in [0.25, 0.3) is 0 Å². The van der Waals surface area contributed by atoms with Crippen LogP contribution in [0.25, 0.3) is 0 Å². The number of ketones is 1. The third-order valence-corrected chi connectivity index (χ3v) is 3.28. The number of nitrogens with zero attached hydrogens (tertiary/aromatic N) is 3. The molecule has 0 radical (unpaired) electrons. The number of amides is 1. The summed E-state index contributed by atoms with van der Waals surface area (Å²) in [5.74, 6) is 0.206. The normalized spacial score (nSPS) is 11.2. The fourth-order valence-electron chi connectivity index (χ4n) is 1.86. The third-order valence-electron chi connectivity index (χ3n) is 3.28. The fraction of sp³-hybridized carbons (Fsp3) is 0.375. The number of carbonyl (C=O) groups excluding carboxylic acids is 2. The molecule has 0 atom stereocenters. The molecule has 1 amide bonds. The van der Waals surface area contributed by atoms with E-state index in [0.717, 1.165) is 0 Å². The van der Waals surface area contributed by atoms with Gasteiger partial charge in [-0.05, 0) is 12.1 Å². The molecule has 22 heavy (non-hydrogen) atoms. The molecule has 6 heteroatoms. The SMILES string of the molecule is CC(C)(C)C(=O)CN(C(=O)Cc1nc[nH]n1)c1ccccc1. The molecule has 1 aromatic carbocycles. The molecule has 0 saturated carbocycles. The molecule has 0 aliphatic carbocycles. The number of aromatic amines is 1. The minimum atomic E-state index is -0.502. The first kappa shape index (κ1) is 15.9. The first-order valence-corrected chi connectivity index (χ1v) is 7.11. The van der Waals surface area contributed by atoms with Crippen molar-refractivity contribution in [2.45, 2.75) is 27.2 Å². The van der Waals surface area contributed by atoms with Gasteiger partial charge in [-0.25, -0.2) is 4.98 Å². The maximum atomic E-state index is 12.6. The van der Waals surface area contributed by atoms with E-state index in [2.05, 4.69) is 15.2 Å². The van der Waals surface area contributed by atoms with Crippen LogP contribution in [0.4, 0.5) is 5.69 Å². The van der Waals surface area contributed by atoms with Gasteiger partial charge in [0.2, 0.25) is 5.91 Å². The van der Waals surface area contributed by atoms with Gasteiger partial charge in [-0.15, -0.1) is 0 Å². The molecular weight excluding hydrogens is 280 g/mol. The minimum Gasteiger partial charge on any atom is -0.305 e. The molecule has 116 valence electrons. The van der Waals surface area contributed by atoms with Crippen LogP contribution in [-0.4, -0.2) is 33.4 Å². The smallest absolute Gasteiger partial charge is 0.235 e. The molecule has 1 aromatic heterocycles. The zero-order valence-electron chi connectivity index (χ0n) is 13.0. The Morgan fingerprint density at radius 1 is 1.18 bits per heavy atom. The Kier molecular flexibility index (Phi) is 4.70. The molecule has 1 N–H and O–H groups in total. The lowest BCUT2D eigenvalue weighted by Gasteiger charge is -2.26. The molecule has 0 fully saturated rings. The van der Waals surface area contributed by atoms with E-state index in [1.807, 2.05) is 51.1 Å². The molecule has 6 nitrogen and oxygen atoms in total. The number of aromatic nitrogens is 3. The molecule has 0 aliphatic rings. The van der Waals surface area contributed by atoms with Crippen LogP contribution < -0.4 is 4.90 Å². The summed E-state index contributed by atoms with van der Waals surface area (Å²) in [4.78, 5) is 30.3. The van der Waals surface area contributed by atoms with Crippen molar-refractivity contribution < 1.29 is 9.59 Å². The number of anilines is 1. The number of hydrogen-bond donors (Lipinski definition) is 1. The van der Waals surface area contributed by atoms with E-state index in [1.54, 1.807) is 0 Å². The fourth-order valence-corrected chi connectivity index (χ4v) is 1.86. The minimum absolute atomic E-state index is 0.000287. The van der Waals surface area contributed by atoms with Gasteiger partial charge in [-0.1, -0.05) is 39.0 Å². The van der Waals surface area contributed by atoms with Crippen molar-refractivity contribution in [3.63, 3.8) is 0 Å². The van der Waals surface area contributed by atoms with Gasteiger partial charge in [-0.3, -0.25) is 14.7 Å². The summed E-state index contributed by atoms with van der Waals surface area (Å²) in [6, 6.07) is 9.17. The van der Waals surface area contributed by atoms with Crippen molar-refractivity contribution in [2.75, 3.05) is 11.4 Å². The van der Waals surface area contributed by atoms with Gasteiger partial charge < -0.3 is 4.90 Å². The van der Waals surface area contributed by atoms with Crippen molar-refractivity contribution >= 4 is 17.4 Å². The number of H-pyrrole nitrogens is 1. The van der Waals surface area contributed by atoms with Crippen molar-refractivity contribution in [3.8, 4) is 0 Å². The quantitative estimate of drug-likeness (QED) is 0.916. The summed E-state index contributed by atoms with van der Waals surface area (Å²) < 4.78 is 0. The first-order valence-electron chi connectivity index (χ1n) is 7.11. The van der Waals surface area contributed by atoms with Crippen LogP contribution in [0.15, 0.2) is 36.7 Å². The van der Waals surface area contributed by atoms with E-state index in [4.69, 9.17) is 0 Å². The standard InChI is InChI=1S/C16H20N4O2/c1-16(2,3)13(21)10-20(12-7-5-4-6-8-12)15(22)9-14-17-11-18-19-14/h4-8,11H,9-10H2,1-3H3,(H,17,18,19). The van der Waals surface area contributed by atoms with Crippen LogP contribution in [0.2, 0.25) is 0 Å². The number of Topliss-reactive ketones (excluding diaryl/α,β-unsaturated/α-hetero) is 1. The lowest BCUT2D eigenvalue weighted by molar-refractivity contribution is -0.127. The van der Waals surface area contributed by atoms with E-state index in [9.17, 15) is 9.59 Å². The zero-order valence-corrected chi connectivity index (χ0v) is 13.0. The maximum absolute atomic E-state index is 12.6. The predicted octanol–water partition coefficient (Wildman–Crippen LogP) is 2.00. The summed E-state index contributed by atoms with van der Waals surface area (Å²) in [7, 11) is 0. The number of benzene rings is 1. The van der Waals surface area contributed by atoms with Crippen molar-refractivity contribution in [2.24, 2.45) is 5.41 Å². The molecule has 0 unspecified atom stereocenters. The lowest BCUT2D eigenvalue weighted by Crippen LogP contribution is -2.40. The largest absolute Gasteiger partial charge is 0.305 e. The van der Waals surface area contributed by atoms with Crippen LogP contribution in [0.5, 0.6) is 0 Å². The van der Waals surface area contributed by atoms with Gasteiger partial charge in [0.15, 0.2) is 11.6 Å². The average Bonchev–Trinajstić information content (AvgIpc) is 2.97. The average molecular weight is 300 g/mol. The van der Waals surface area contributed by atoms with Crippen LogP contribution in [-0.2, 0) is 16.0 Å². The highest BCUT2D eigenvalue weighted by Gasteiger charge is 2.27. The number of hydrogen-bond acceptors (Lipinski definition) is 4. The van der Waals surface area contributed by atoms with Crippen LogP contribution in [0.3, 0.4) is 0 Å². The van der Waals surface area contributed by atoms with E-state index >= 15 is 0 Å². The molecular formula is C16H20N4O2. The van der Waals surface area contributed by atoms with E-state index in [-0.39, 0.29) is 24.7 Å². The third kappa shape index (κ3) is 4.00. The summed E-state index contributed by atoms with van der Waals surface area (Å²) in [5, 5.41) is 6.47. The second-order valence-corrected chi connectivity index (χ2v) is 6.08. The Balaban J connectivity index is 2.22. The summed E-state index contributed by atoms with van der Waals surface area (Å²) >= 11 is 0. The maximum Gasteiger partial charge on any atom is 0.235 e. The van der Waals surface area contributed by atoms with Gasteiger partial charge in [0.1, 0.15) is 6.33 Å². The Morgan fingerprint density at radius 3 is 2.41 bits per heavy atom. The highest BCUT2D eigenvalue weighted by atomic mass is 16.2. The van der Waals surface area contributed by atoms with Crippen LogP contribution in [0.1, 0.15) is 26.6 Å². The number of para-hydroxylation sites is 1. The Morgan fingerprint density at radius 2 is 1.86 bits per heavy atom. The Labute approximate surface area is 129 Å². The predicted molar refractivity (Wildman–Crippen MR) is 83.3 cm³/mol. The van der Waals surface area contributed by atoms with Crippen LogP contribution >= 0.6 is 0 Å². The van der Waals surface area contributed by atoms with Crippen LogP contribution in [0, 0.1) is 5.41 Å². The number of carbonyl (C=O) groups is 2. The molecule has 1 heterocycles. The van der Waals surface area contributed by atoms with Crippen molar-refractivity contribution in [1.29, 1.82) is 0 Å². The van der Waals surface area contributed by atoms with Gasteiger partial charge in [-0.2, -0.15) is 5.10 Å². The van der Waals surface area contributed by atoms with Crippen molar-refractivity contribution in [1.82, 2.24) is 15.2 Å². The molecule has 0 bridgehead atoms. The van der Waals surface area contributed by atoms with E-state index in [1.165, 1.54) is 11.2 Å².